The van der Waals surface area contributed by atoms with Crippen LogP contribution in [0.25, 0.3) is 0 Å². The minimum absolute atomic E-state index is 0.458. The molecule has 0 heterocycles. The highest BCUT2D eigenvalue weighted by atomic mass is 16.5. The molecule has 5 heteroatoms. The van der Waals surface area contributed by atoms with E-state index in [1.165, 1.54) is 14.2 Å². The van der Waals surface area contributed by atoms with E-state index in [-0.39, 0.29) is 0 Å². The second-order valence-electron chi connectivity index (χ2n) is 4.46. The topological polar surface area (TPSA) is 65.0 Å². The maximum atomic E-state index is 11.6. The third-order valence-electron chi connectivity index (χ3n) is 3.35. The Balaban J connectivity index is 3.23. The van der Waals surface area contributed by atoms with Crippen LogP contribution in [-0.2, 0) is 15.1 Å². The van der Waals surface area contributed by atoms with Crippen molar-refractivity contribution in [3.8, 4) is 11.5 Å². The normalized spacial score (nSPS) is 15.3. The molecule has 19 heavy (non-hydrogen) atoms. The monoisotopic (exact) mass is 268 g/mol. The van der Waals surface area contributed by atoms with Crippen LogP contribution < -0.4 is 9.47 Å². The molecule has 0 aromatic heterocycles. The molecule has 0 amide bonds. The van der Waals surface area contributed by atoms with Gasteiger partial charge >= 0.3 is 5.97 Å². The Morgan fingerprint density at radius 3 is 2.37 bits per heavy atom. The molecule has 0 spiro atoms. The zero-order chi connectivity index (χ0) is 14.6. The van der Waals surface area contributed by atoms with Crippen LogP contribution in [0, 0.1) is 5.92 Å². The fraction of sp³-hybridized carbons (Fsp3) is 0.500. The zero-order valence-corrected chi connectivity index (χ0v) is 11.9. The third-order valence-corrected chi connectivity index (χ3v) is 3.35. The molecule has 2 atom stereocenters. The molecular formula is C14H20O5. The summed E-state index contributed by atoms with van der Waals surface area (Å²) in [5, 5.41) is 10.6. The van der Waals surface area contributed by atoms with Crippen molar-refractivity contribution in [2.45, 2.75) is 19.4 Å². The van der Waals surface area contributed by atoms with E-state index in [0.29, 0.717) is 17.1 Å². The van der Waals surface area contributed by atoms with Crippen LogP contribution in [0.5, 0.6) is 11.5 Å². The summed E-state index contributed by atoms with van der Waals surface area (Å²) in [7, 11) is 4.33. The van der Waals surface area contributed by atoms with Crippen molar-refractivity contribution in [2.24, 2.45) is 5.92 Å². The maximum absolute atomic E-state index is 11.6. The molecule has 1 aromatic carbocycles. The quantitative estimate of drug-likeness (QED) is 0.824. The first-order chi connectivity index (χ1) is 8.88. The summed E-state index contributed by atoms with van der Waals surface area (Å²) in [6, 6.07) is 5.04. The lowest BCUT2D eigenvalue weighted by Crippen LogP contribution is -2.36. The SMILES string of the molecule is COC(=O)C(C)C(C)(O)c1ccc(OC)cc1OC. The van der Waals surface area contributed by atoms with Crippen molar-refractivity contribution in [1.29, 1.82) is 0 Å². The summed E-state index contributed by atoms with van der Waals surface area (Å²) in [5.41, 5.74) is -0.890. The molecule has 0 bridgehead atoms. The van der Waals surface area contributed by atoms with Gasteiger partial charge in [0.25, 0.3) is 0 Å². The number of hydrogen-bond donors (Lipinski definition) is 1. The molecular weight excluding hydrogens is 248 g/mol. The lowest BCUT2D eigenvalue weighted by Gasteiger charge is -2.30. The van der Waals surface area contributed by atoms with Crippen molar-refractivity contribution in [1.82, 2.24) is 0 Å². The van der Waals surface area contributed by atoms with E-state index in [4.69, 9.17) is 9.47 Å². The van der Waals surface area contributed by atoms with E-state index in [1.54, 1.807) is 39.2 Å². The number of esters is 1. The molecule has 106 valence electrons. The Morgan fingerprint density at radius 1 is 1.26 bits per heavy atom. The Bertz CT molecular complexity index is 453. The van der Waals surface area contributed by atoms with Gasteiger partial charge in [0, 0.05) is 11.6 Å². The highest BCUT2D eigenvalue weighted by Gasteiger charge is 2.38. The van der Waals surface area contributed by atoms with Gasteiger partial charge in [-0.1, -0.05) is 0 Å². The predicted octanol–water partition coefficient (Wildman–Crippen LogP) is 1.72. The number of rotatable bonds is 5. The second-order valence-corrected chi connectivity index (χ2v) is 4.46. The minimum Gasteiger partial charge on any atom is -0.497 e. The van der Waals surface area contributed by atoms with Crippen molar-refractivity contribution >= 4 is 5.97 Å². The molecule has 0 aliphatic rings. The number of methoxy groups -OCH3 is 3. The van der Waals surface area contributed by atoms with Gasteiger partial charge in [-0.15, -0.1) is 0 Å². The summed E-state index contributed by atoms with van der Waals surface area (Å²) in [6.45, 7) is 3.16. The molecule has 1 aromatic rings. The number of aliphatic hydroxyl groups is 1. The van der Waals surface area contributed by atoms with E-state index < -0.39 is 17.5 Å². The predicted molar refractivity (Wildman–Crippen MR) is 70.3 cm³/mol. The Kier molecular flexibility index (Phi) is 4.78. The molecule has 0 aliphatic heterocycles. The Morgan fingerprint density at radius 2 is 1.89 bits per heavy atom. The van der Waals surface area contributed by atoms with Crippen LogP contribution in [0.1, 0.15) is 19.4 Å². The largest absolute Gasteiger partial charge is 0.497 e. The van der Waals surface area contributed by atoms with Gasteiger partial charge in [-0.2, -0.15) is 0 Å². The highest BCUT2D eigenvalue weighted by Crippen LogP contribution is 2.37. The summed E-state index contributed by atoms with van der Waals surface area (Å²) in [4.78, 5) is 11.6. The first-order valence-corrected chi connectivity index (χ1v) is 5.91. The van der Waals surface area contributed by atoms with Gasteiger partial charge in [0.15, 0.2) is 0 Å². The van der Waals surface area contributed by atoms with Crippen LogP contribution in [0.2, 0.25) is 0 Å². The number of carbonyl (C=O) groups excluding carboxylic acids is 1. The van der Waals surface area contributed by atoms with E-state index >= 15 is 0 Å². The zero-order valence-electron chi connectivity index (χ0n) is 11.9. The first-order valence-electron chi connectivity index (χ1n) is 5.91. The smallest absolute Gasteiger partial charge is 0.311 e. The Labute approximate surface area is 113 Å². The molecule has 0 saturated carbocycles. The fourth-order valence-corrected chi connectivity index (χ4v) is 1.86. The number of hydrogen-bond acceptors (Lipinski definition) is 5. The minimum atomic E-state index is -1.40. The number of ether oxygens (including phenoxy) is 3. The highest BCUT2D eigenvalue weighted by molar-refractivity contribution is 5.74. The van der Waals surface area contributed by atoms with Crippen LogP contribution in [-0.4, -0.2) is 32.4 Å². The van der Waals surface area contributed by atoms with Gasteiger partial charge in [-0.3, -0.25) is 4.79 Å². The van der Waals surface area contributed by atoms with Gasteiger partial charge in [0.1, 0.15) is 17.1 Å². The van der Waals surface area contributed by atoms with E-state index in [0.717, 1.165) is 0 Å². The average Bonchev–Trinajstić information content (AvgIpc) is 2.44. The van der Waals surface area contributed by atoms with Crippen molar-refractivity contribution < 1.29 is 24.1 Å². The van der Waals surface area contributed by atoms with E-state index in [2.05, 4.69) is 4.74 Å². The van der Waals surface area contributed by atoms with Gasteiger partial charge in [-0.05, 0) is 26.0 Å². The standard InChI is InChI=1S/C14H20O5/c1-9(13(15)19-5)14(2,16)11-7-6-10(17-3)8-12(11)18-4/h6-9,16H,1-5H3. The molecule has 5 nitrogen and oxygen atoms in total. The van der Waals surface area contributed by atoms with Gasteiger partial charge < -0.3 is 19.3 Å². The maximum Gasteiger partial charge on any atom is 0.311 e. The first kappa shape index (κ1) is 15.3. The summed E-state index contributed by atoms with van der Waals surface area (Å²) in [5.74, 6) is -0.134. The molecule has 0 radical (unpaired) electrons. The second kappa shape index (κ2) is 5.93. The van der Waals surface area contributed by atoms with Crippen molar-refractivity contribution in [3.63, 3.8) is 0 Å². The van der Waals surface area contributed by atoms with E-state index in [1.807, 2.05) is 0 Å². The molecule has 0 saturated heterocycles. The number of carbonyl (C=O) groups is 1. The van der Waals surface area contributed by atoms with Crippen LogP contribution in [0.3, 0.4) is 0 Å². The molecule has 1 rings (SSSR count). The van der Waals surface area contributed by atoms with Gasteiger partial charge in [0.2, 0.25) is 0 Å². The van der Waals surface area contributed by atoms with Crippen LogP contribution >= 0.6 is 0 Å². The van der Waals surface area contributed by atoms with Crippen molar-refractivity contribution in [2.75, 3.05) is 21.3 Å². The summed E-state index contributed by atoms with van der Waals surface area (Å²) < 4.78 is 15.0. The molecule has 2 unspecified atom stereocenters. The van der Waals surface area contributed by atoms with E-state index in [9.17, 15) is 9.90 Å². The molecule has 0 aliphatic carbocycles. The Hall–Kier alpha value is -1.75. The molecule has 0 fully saturated rings. The third kappa shape index (κ3) is 2.98. The van der Waals surface area contributed by atoms with Gasteiger partial charge in [0.05, 0.1) is 27.2 Å². The summed E-state index contributed by atoms with van der Waals surface area (Å²) >= 11 is 0. The average molecular weight is 268 g/mol. The van der Waals surface area contributed by atoms with Crippen LogP contribution in [0.15, 0.2) is 18.2 Å². The lowest BCUT2D eigenvalue weighted by molar-refractivity contribution is -0.154. The number of benzene rings is 1. The van der Waals surface area contributed by atoms with Gasteiger partial charge in [-0.25, -0.2) is 0 Å². The lowest BCUT2D eigenvalue weighted by atomic mass is 9.83. The molecule has 1 N–H and O–H groups in total. The summed E-state index contributed by atoms with van der Waals surface area (Å²) in [6.07, 6.45) is 0. The van der Waals surface area contributed by atoms with Crippen LogP contribution in [0.4, 0.5) is 0 Å². The fourth-order valence-electron chi connectivity index (χ4n) is 1.86. The van der Waals surface area contributed by atoms with Crippen molar-refractivity contribution in [3.05, 3.63) is 23.8 Å².